The summed E-state index contributed by atoms with van der Waals surface area (Å²) in [6.07, 6.45) is 1.46. The first kappa shape index (κ1) is 12.9. The average Bonchev–Trinajstić information content (AvgIpc) is 2.80. The van der Waals surface area contributed by atoms with E-state index in [9.17, 15) is 4.79 Å². The molecule has 100 valence electrons. The molecule has 0 fully saturated rings. The third-order valence-electron chi connectivity index (χ3n) is 2.77. The van der Waals surface area contributed by atoms with Crippen molar-refractivity contribution in [3.63, 3.8) is 0 Å². The number of nitrogens with zero attached hydrogens (tertiary/aromatic N) is 3. The number of rotatable bonds is 2. The number of benzene rings is 1. The number of fused-ring (bicyclic) bond motifs is 1. The molecule has 0 aliphatic heterocycles. The third-order valence-corrected chi connectivity index (χ3v) is 3.21. The third kappa shape index (κ3) is 2.21. The molecule has 0 spiro atoms. The van der Waals surface area contributed by atoms with E-state index < -0.39 is 5.97 Å². The molecule has 2 aromatic heterocycles. The lowest BCUT2D eigenvalue weighted by Crippen LogP contribution is -1.99. The number of hydrogen-bond donors (Lipinski definition) is 1. The van der Waals surface area contributed by atoms with Crippen LogP contribution in [0.25, 0.3) is 17.0 Å². The van der Waals surface area contributed by atoms with Crippen LogP contribution in [-0.2, 0) is 0 Å². The van der Waals surface area contributed by atoms with E-state index in [2.05, 4.69) is 10.2 Å². The first-order valence-corrected chi connectivity index (χ1v) is 6.35. The maximum absolute atomic E-state index is 11.0. The van der Waals surface area contributed by atoms with Gasteiger partial charge in [-0.25, -0.2) is 4.79 Å². The van der Waals surface area contributed by atoms with Crippen LogP contribution in [0.3, 0.4) is 0 Å². The topological polar surface area (TPSA) is 67.5 Å². The Balaban J connectivity index is 2.25. The van der Waals surface area contributed by atoms with Gasteiger partial charge in [-0.15, -0.1) is 10.2 Å². The number of carboxylic acids is 1. The predicted octanol–water partition coefficient (Wildman–Crippen LogP) is 3.40. The molecule has 3 rings (SSSR count). The van der Waals surface area contributed by atoms with Crippen molar-refractivity contribution >= 4 is 34.8 Å². The summed E-state index contributed by atoms with van der Waals surface area (Å²) in [7, 11) is 0. The summed E-state index contributed by atoms with van der Waals surface area (Å²) in [5.74, 6) is -0.539. The minimum Gasteiger partial charge on any atom is -0.478 e. The molecule has 3 aromatic rings. The molecule has 0 radical (unpaired) electrons. The molecule has 0 saturated heterocycles. The van der Waals surface area contributed by atoms with Crippen LogP contribution in [-0.4, -0.2) is 25.7 Å². The predicted molar refractivity (Wildman–Crippen MR) is 75.4 cm³/mol. The molecule has 0 atom stereocenters. The van der Waals surface area contributed by atoms with Crippen molar-refractivity contribution in [2.75, 3.05) is 0 Å². The van der Waals surface area contributed by atoms with Gasteiger partial charge in [0.15, 0.2) is 11.5 Å². The maximum atomic E-state index is 11.0. The second-order valence-electron chi connectivity index (χ2n) is 4.13. The van der Waals surface area contributed by atoms with Crippen molar-refractivity contribution < 1.29 is 9.90 Å². The van der Waals surface area contributed by atoms with E-state index in [1.165, 1.54) is 12.3 Å². The largest absolute Gasteiger partial charge is 0.478 e. The zero-order valence-corrected chi connectivity index (χ0v) is 11.4. The Bertz CT molecular complexity index is 809. The minimum absolute atomic E-state index is 0.145. The van der Waals surface area contributed by atoms with Crippen molar-refractivity contribution in [1.82, 2.24) is 14.6 Å². The SMILES string of the molecule is O=C(O)c1ccc2nnc(-c3cc(Cl)cc(Cl)c3)n2c1. The Morgan fingerprint density at radius 1 is 1.10 bits per heavy atom. The monoisotopic (exact) mass is 307 g/mol. The fraction of sp³-hybridized carbons (Fsp3) is 0. The highest BCUT2D eigenvalue weighted by atomic mass is 35.5. The van der Waals surface area contributed by atoms with Gasteiger partial charge < -0.3 is 5.11 Å². The van der Waals surface area contributed by atoms with E-state index in [-0.39, 0.29) is 5.56 Å². The van der Waals surface area contributed by atoms with Crippen LogP contribution >= 0.6 is 23.2 Å². The van der Waals surface area contributed by atoms with Gasteiger partial charge in [0.25, 0.3) is 0 Å². The number of carbonyl (C=O) groups is 1. The van der Waals surface area contributed by atoms with Crippen molar-refractivity contribution in [1.29, 1.82) is 0 Å². The van der Waals surface area contributed by atoms with E-state index in [1.807, 2.05) is 0 Å². The molecular weight excluding hydrogens is 301 g/mol. The molecule has 1 N–H and O–H groups in total. The summed E-state index contributed by atoms with van der Waals surface area (Å²) in [6, 6.07) is 8.06. The number of aromatic nitrogens is 3. The molecule has 0 unspecified atom stereocenters. The van der Waals surface area contributed by atoms with Crippen LogP contribution < -0.4 is 0 Å². The highest BCUT2D eigenvalue weighted by Gasteiger charge is 2.12. The summed E-state index contributed by atoms with van der Waals surface area (Å²) in [5, 5.41) is 18.0. The van der Waals surface area contributed by atoms with Crippen LogP contribution in [0.2, 0.25) is 10.0 Å². The molecule has 0 bridgehead atoms. The molecule has 2 heterocycles. The number of halogens is 2. The van der Waals surface area contributed by atoms with Gasteiger partial charge in [-0.3, -0.25) is 4.40 Å². The van der Waals surface area contributed by atoms with Gasteiger partial charge in [-0.1, -0.05) is 23.2 Å². The summed E-state index contributed by atoms with van der Waals surface area (Å²) in [4.78, 5) is 11.0. The molecule has 0 saturated carbocycles. The highest BCUT2D eigenvalue weighted by molar-refractivity contribution is 6.35. The zero-order chi connectivity index (χ0) is 14.3. The van der Waals surface area contributed by atoms with E-state index in [0.29, 0.717) is 27.1 Å². The van der Waals surface area contributed by atoms with Gasteiger partial charge in [0.05, 0.1) is 5.56 Å². The van der Waals surface area contributed by atoms with Gasteiger partial charge in [-0.2, -0.15) is 0 Å². The fourth-order valence-electron chi connectivity index (χ4n) is 1.90. The Morgan fingerprint density at radius 2 is 1.80 bits per heavy atom. The quantitative estimate of drug-likeness (QED) is 0.788. The Kier molecular flexibility index (Phi) is 3.08. The number of pyridine rings is 1. The van der Waals surface area contributed by atoms with Gasteiger partial charge in [-0.05, 0) is 30.3 Å². The average molecular weight is 308 g/mol. The summed E-state index contributed by atoms with van der Waals surface area (Å²) in [5.41, 5.74) is 1.35. The molecule has 7 heteroatoms. The lowest BCUT2D eigenvalue weighted by Gasteiger charge is -2.03. The van der Waals surface area contributed by atoms with Crippen LogP contribution in [0, 0.1) is 0 Å². The Labute approximate surface area is 123 Å². The normalized spacial score (nSPS) is 10.9. The number of hydrogen-bond acceptors (Lipinski definition) is 3. The van der Waals surface area contributed by atoms with Gasteiger partial charge in [0, 0.05) is 21.8 Å². The Hall–Kier alpha value is -2.11. The van der Waals surface area contributed by atoms with E-state index in [4.69, 9.17) is 28.3 Å². The van der Waals surface area contributed by atoms with Crippen molar-refractivity contribution in [3.05, 3.63) is 52.1 Å². The molecule has 0 aliphatic carbocycles. The smallest absolute Gasteiger partial charge is 0.337 e. The second kappa shape index (κ2) is 4.77. The highest BCUT2D eigenvalue weighted by Crippen LogP contribution is 2.26. The summed E-state index contributed by atoms with van der Waals surface area (Å²) < 4.78 is 1.59. The van der Waals surface area contributed by atoms with Crippen molar-refractivity contribution in [2.24, 2.45) is 0 Å². The lowest BCUT2D eigenvalue weighted by molar-refractivity contribution is 0.0696. The first-order valence-electron chi connectivity index (χ1n) is 5.59. The van der Waals surface area contributed by atoms with Gasteiger partial charge in [0.1, 0.15) is 0 Å². The standard InChI is InChI=1S/C13H7Cl2N3O2/c14-9-3-8(4-10(15)5-9)12-17-16-11-2-1-7(13(19)20)6-18(11)12/h1-6H,(H,19,20). The van der Waals surface area contributed by atoms with Crippen LogP contribution in [0.4, 0.5) is 0 Å². The van der Waals surface area contributed by atoms with Gasteiger partial charge >= 0.3 is 5.97 Å². The van der Waals surface area contributed by atoms with Crippen molar-refractivity contribution in [2.45, 2.75) is 0 Å². The summed E-state index contributed by atoms with van der Waals surface area (Å²) >= 11 is 11.9. The molecule has 0 aliphatic rings. The van der Waals surface area contributed by atoms with Gasteiger partial charge in [0.2, 0.25) is 0 Å². The summed E-state index contributed by atoms with van der Waals surface area (Å²) in [6.45, 7) is 0. The van der Waals surface area contributed by atoms with E-state index in [1.54, 1.807) is 28.7 Å². The molecular formula is C13H7Cl2N3O2. The number of carboxylic acid groups (broad SMARTS) is 1. The Morgan fingerprint density at radius 3 is 2.45 bits per heavy atom. The van der Waals surface area contributed by atoms with E-state index in [0.717, 1.165) is 0 Å². The fourth-order valence-corrected chi connectivity index (χ4v) is 2.42. The molecule has 0 amide bonds. The molecule has 5 nitrogen and oxygen atoms in total. The van der Waals surface area contributed by atoms with Crippen LogP contribution in [0.15, 0.2) is 36.5 Å². The maximum Gasteiger partial charge on any atom is 0.337 e. The van der Waals surface area contributed by atoms with Crippen molar-refractivity contribution in [3.8, 4) is 11.4 Å². The van der Waals surface area contributed by atoms with Crippen LogP contribution in [0.1, 0.15) is 10.4 Å². The number of aromatic carboxylic acids is 1. The van der Waals surface area contributed by atoms with E-state index >= 15 is 0 Å². The lowest BCUT2D eigenvalue weighted by atomic mass is 10.2. The molecule has 1 aromatic carbocycles. The second-order valence-corrected chi connectivity index (χ2v) is 5.01. The zero-order valence-electron chi connectivity index (χ0n) is 9.92. The molecule has 20 heavy (non-hydrogen) atoms. The first-order chi connectivity index (χ1) is 9.54. The minimum atomic E-state index is -1.02. The van der Waals surface area contributed by atoms with Crippen LogP contribution in [0.5, 0.6) is 0 Å².